The van der Waals surface area contributed by atoms with E-state index in [0.717, 1.165) is 24.0 Å². The first-order valence-electron chi connectivity index (χ1n) is 8.95. The Morgan fingerprint density at radius 1 is 1.19 bits per heavy atom. The van der Waals surface area contributed by atoms with E-state index in [2.05, 4.69) is 5.32 Å². The van der Waals surface area contributed by atoms with Crippen LogP contribution in [0.3, 0.4) is 0 Å². The van der Waals surface area contributed by atoms with Crippen LogP contribution in [0.15, 0.2) is 48.5 Å². The molecule has 0 saturated carbocycles. The van der Waals surface area contributed by atoms with Crippen molar-refractivity contribution in [1.82, 2.24) is 4.90 Å². The molecular formula is C21H24N2O3. The van der Waals surface area contributed by atoms with Crippen molar-refractivity contribution in [1.29, 1.82) is 0 Å². The summed E-state index contributed by atoms with van der Waals surface area (Å²) in [6.45, 7) is 2.98. The van der Waals surface area contributed by atoms with Gasteiger partial charge in [0.25, 0.3) is 0 Å². The number of carbonyl (C=O) groups excluding carboxylic acids is 2. The zero-order valence-corrected chi connectivity index (χ0v) is 14.9. The molecule has 1 saturated heterocycles. The van der Waals surface area contributed by atoms with Crippen molar-refractivity contribution in [3.63, 3.8) is 0 Å². The molecule has 2 aromatic rings. The van der Waals surface area contributed by atoms with Gasteiger partial charge in [-0.05, 0) is 43.0 Å². The number of phenolic OH excluding ortho intramolecular Hbond substituents is 1. The zero-order valence-electron chi connectivity index (χ0n) is 14.9. The fourth-order valence-electron chi connectivity index (χ4n) is 3.28. The van der Waals surface area contributed by atoms with Crippen LogP contribution in [0.25, 0.3) is 0 Å². The Bertz CT molecular complexity index is 789. The molecule has 1 aliphatic heterocycles. The maximum atomic E-state index is 12.6. The molecule has 1 fully saturated rings. The van der Waals surface area contributed by atoms with Gasteiger partial charge in [0.1, 0.15) is 5.75 Å². The highest BCUT2D eigenvalue weighted by molar-refractivity contribution is 5.94. The number of nitrogens with one attached hydrogen (secondary N) is 1. The smallest absolute Gasteiger partial charge is 0.229 e. The second-order valence-corrected chi connectivity index (χ2v) is 6.85. The number of phenols is 1. The van der Waals surface area contributed by atoms with Gasteiger partial charge in [-0.15, -0.1) is 0 Å². The van der Waals surface area contributed by atoms with E-state index in [1.165, 1.54) is 0 Å². The third-order valence-corrected chi connectivity index (χ3v) is 4.75. The molecule has 5 nitrogen and oxygen atoms in total. The predicted octanol–water partition coefficient (Wildman–Crippen LogP) is 3.12. The highest BCUT2D eigenvalue weighted by Gasteiger charge is 2.28. The molecule has 1 aliphatic rings. The van der Waals surface area contributed by atoms with E-state index in [0.29, 0.717) is 25.2 Å². The zero-order chi connectivity index (χ0) is 18.5. The molecule has 3 rings (SSSR count). The van der Waals surface area contributed by atoms with Crippen molar-refractivity contribution in [2.24, 2.45) is 5.92 Å². The number of aryl methyl sites for hydroxylation is 1. The van der Waals surface area contributed by atoms with Crippen LogP contribution in [0.4, 0.5) is 5.69 Å². The van der Waals surface area contributed by atoms with Crippen LogP contribution in [0.2, 0.25) is 0 Å². The minimum atomic E-state index is -0.260. The Morgan fingerprint density at radius 3 is 2.69 bits per heavy atom. The molecule has 2 aromatic carbocycles. The molecular weight excluding hydrogens is 328 g/mol. The second-order valence-electron chi connectivity index (χ2n) is 6.85. The lowest BCUT2D eigenvalue weighted by Crippen LogP contribution is -2.44. The fraction of sp³-hybridized carbons (Fsp3) is 0.333. The number of aromatic hydroxyl groups is 1. The third kappa shape index (κ3) is 4.42. The van der Waals surface area contributed by atoms with Crippen molar-refractivity contribution in [3.05, 3.63) is 59.7 Å². The standard InChI is InChI=1S/C21H24N2O3/c1-15-9-10-18(19(24)12-15)22-21(26)17-8-5-11-23(14-17)20(25)13-16-6-3-2-4-7-16/h2-4,6-7,9-10,12,17,24H,5,8,11,13-14H2,1H3,(H,22,26). The van der Waals surface area contributed by atoms with Crippen molar-refractivity contribution < 1.29 is 14.7 Å². The Labute approximate surface area is 153 Å². The van der Waals surface area contributed by atoms with Gasteiger partial charge in [-0.1, -0.05) is 36.4 Å². The normalized spacial score (nSPS) is 17.0. The first-order valence-corrected chi connectivity index (χ1v) is 8.95. The molecule has 0 aliphatic carbocycles. The van der Waals surface area contributed by atoms with E-state index in [9.17, 15) is 14.7 Å². The van der Waals surface area contributed by atoms with Crippen LogP contribution in [0.5, 0.6) is 5.75 Å². The van der Waals surface area contributed by atoms with Gasteiger partial charge in [0, 0.05) is 13.1 Å². The lowest BCUT2D eigenvalue weighted by Gasteiger charge is -2.32. The maximum Gasteiger partial charge on any atom is 0.229 e. The van der Waals surface area contributed by atoms with E-state index < -0.39 is 0 Å². The summed E-state index contributed by atoms with van der Waals surface area (Å²) in [5.74, 6) is -0.302. The van der Waals surface area contributed by atoms with Crippen LogP contribution < -0.4 is 5.32 Å². The molecule has 0 aromatic heterocycles. The molecule has 0 radical (unpaired) electrons. The number of anilines is 1. The molecule has 5 heteroatoms. The van der Waals surface area contributed by atoms with Gasteiger partial charge in [-0.3, -0.25) is 9.59 Å². The van der Waals surface area contributed by atoms with Crippen molar-refractivity contribution in [2.45, 2.75) is 26.2 Å². The number of hydrogen-bond acceptors (Lipinski definition) is 3. The molecule has 0 spiro atoms. The Kier molecular flexibility index (Phi) is 5.56. The second kappa shape index (κ2) is 8.04. The topological polar surface area (TPSA) is 69.6 Å². The Hall–Kier alpha value is -2.82. The Morgan fingerprint density at radius 2 is 1.96 bits per heavy atom. The van der Waals surface area contributed by atoms with Crippen molar-refractivity contribution in [3.8, 4) is 5.75 Å². The van der Waals surface area contributed by atoms with Gasteiger partial charge in [-0.2, -0.15) is 0 Å². The molecule has 1 heterocycles. The van der Waals surface area contributed by atoms with E-state index in [1.807, 2.05) is 43.3 Å². The number of likely N-dealkylation sites (tertiary alicyclic amines) is 1. The van der Waals surface area contributed by atoms with Gasteiger partial charge in [-0.25, -0.2) is 0 Å². The van der Waals surface area contributed by atoms with Gasteiger partial charge < -0.3 is 15.3 Å². The SMILES string of the molecule is Cc1ccc(NC(=O)C2CCCN(C(=O)Cc3ccccc3)C2)c(O)c1. The van der Waals surface area contributed by atoms with E-state index >= 15 is 0 Å². The summed E-state index contributed by atoms with van der Waals surface area (Å²) >= 11 is 0. The number of carbonyl (C=O) groups is 2. The number of rotatable bonds is 4. The highest BCUT2D eigenvalue weighted by Crippen LogP contribution is 2.26. The predicted molar refractivity (Wildman–Crippen MR) is 101 cm³/mol. The molecule has 1 atom stereocenters. The van der Waals surface area contributed by atoms with Gasteiger partial charge in [0.2, 0.25) is 11.8 Å². The number of nitrogens with zero attached hydrogens (tertiary/aromatic N) is 1. The van der Waals surface area contributed by atoms with Gasteiger partial charge in [0.05, 0.1) is 18.0 Å². The van der Waals surface area contributed by atoms with Gasteiger partial charge >= 0.3 is 0 Å². The summed E-state index contributed by atoms with van der Waals surface area (Å²) in [5, 5.41) is 12.8. The maximum absolute atomic E-state index is 12.6. The average molecular weight is 352 g/mol. The van der Waals surface area contributed by atoms with Crippen LogP contribution in [0, 0.1) is 12.8 Å². The van der Waals surface area contributed by atoms with Crippen LogP contribution >= 0.6 is 0 Å². The van der Waals surface area contributed by atoms with Crippen LogP contribution in [-0.2, 0) is 16.0 Å². The van der Waals surface area contributed by atoms with Gasteiger partial charge in [0.15, 0.2) is 0 Å². The lowest BCUT2D eigenvalue weighted by molar-refractivity contribution is -0.133. The number of benzene rings is 2. The summed E-state index contributed by atoms with van der Waals surface area (Å²) in [4.78, 5) is 26.9. The monoisotopic (exact) mass is 352 g/mol. The van der Waals surface area contributed by atoms with Crippen LogP contribution in [-0.4, -0.2) is 34.9 Å². The quantitative estimate of drug-likeness (QED) is 0.831. The molecule has 1 unspecified atom stereocenters. The molecule has 2 N–H and O–H groups in total. The molecule has 2 amide bonds. The summed E-state index contributed by atoms with van der Waals surface area (Å²) < 4.78 is 0. The summed E-state index contributed by atoms with van der Waals surface area (Å²) in [5.41, 5.74) is 2.32. The van der Waals surface area contributed by atoms with Crippen molar-refractivity contribution >= 4 is 17.5 Å². The van der Waals surface area contributed by atoms with Crippen molar-refractivity contribution in [2.75, 3.05) is 18.4 Å². The minimum absolute atomic E-state index is 0.0480. The van der Waals surface area contributed by atoms with E-state index in [4.69, 9.17) is 0 Å². The Balaban J connectivity index is 1.60. The lowest BCUT2D eigenvalue weighted by atomic mass is 9.96. The average Bonchev–Trinajstić information content (AvgIpc) is 2.65. The van der Waals surface area contributed by atoms with E-state index in [-0.39, 0.29) is 23.5 Å². The number of piperidine rings is 1. The fourth-order valence-corrected chi connectivity index (χ4v) is 3.28. The molecule has 0 bridgehead atoms. The third-order valence-electron chi connectivity index (χ3n) is 4.75. The summed E-state index contributed by atoms with van der Waals surface area (Å²) in [6, 6.07) is 14.8. The number of amides is 2. The highest BCUT2D eigenvalue weighted by atomic mass is 16.3. The number of hydrogen-bond donors (Lipinski definition) is 2. The first kappa shape index (κ1) is 18.0. The first-order chi connectivity index (χ1) is 12.5. The largest absolute Gasteiger partial charge is 0.506 e. The van der Waals surface area contributed by atoms with E-state index in [1.54, 1.807) is 17.0 Å². The molecule has 136 valence electrons. The minimum Gasteiger partial charge on any atom is -0.506 e. The summed E-state index contributed by atoms with van der Waals surface area (Å²) in [7, 11) is 0. The summed E-state index contributed by atoms with van der Waals surface area (Å²) in [6.07, 6.45) is 1.90. The molecule has 26 heavy (non-hydrogen) atoms. The van der Waals surface area contributed by atoms with Crippen LogP contribution in [0.1, 0.15) is 24.0 Å².